The van der Waals surface area contributed by atoms with E-state index in [-0.39, 0.29) is 21.9 Å². The van der Waals surface area contributed by atoms with Crippen LogP contribution in [0.2, 0.25) is 0 Å². The number of amides is 4. The van der Waals surface area contributed by atoms with E-state index in [9.17, 15) is 22.8 Å². The predicted octanol–water partition coefficient (Wildman–Crippen LogP) is 3.52. The molecule has 0 unspecified atom stereocenters. The highest BCUT2D eigenvalue weighted by Gasteiger charge is 2.36. The van der Waals surface area contributed by atoms with Gasteiger partial charge in [-0.05, 0) is 67.1 Å². The van der Waals surface area contributed by atoms with Crippen LogP contribution in [0.25, 0.3) is 6.08 Å². The zero-order chi connectivity index (χ0) is 25.0. The third kappa shape index (κ3) is 5.22. The molecule has 1 saturated heterocycles. The average Bonchev–Trinajstić information content (AvgIpc) is 2.84. The molecule has 0 spiro atoms. The van der Waals surface area contributed by atoms with Crippen molar-refractivity contribution in [2.45, 2.75) is 11.8 Å². The Kier molecular flexibility index (Phi) is 6.65. The van der Waals surface area contributed by atoms with Crippen molar-refractivity contribution in [1.29, 1.82) is 0 Å². The molecular weight excluding hydrogens is 472 g/mol. The number of rotatable bonds is 7. The van der Waals surface area contributed by atoms with Crippen molar-refractivity contribution in [2.24, 2.45) is 0 Å². The summed E-state index contributed by atoms with van der Waals surface area (Å²) in [5.41, 5.74) is 0.433. The van der Waals surface area contributed by atoms with Crippen molar-refractivity contribution in [3.63, 3.8) is 0 Å². The molecule has 1 N–H and O–H groups in total. The Labute approximate surface area is 201 Å². The van der Waals surface area contributed by atoms with Crippen LogP contribution in [0.3, 0.4) is 0 Å². The van der Waals surface area contributed by atoms with Crippen molar-refractivity contribution < 1.29 is 31.7 Å². The number of hydrogen-bond acceptors (Lipinski definition) is 7. The van der Waals surface area contributed by atoms with E-state index in [1.54, 1.807) is 30.3 Å². The highest BCUT2D eigenvalue weighted by Crippen LogP contribution is 2.25. The third-order valence-corrected chi connectivity index (χ3v) is 6.20. The molecule has 4 amide bonds. The molecule has 0 atom stereocenters. The first-order chi connectivity index (χ1) is 16.8. The predicted molar refractivity (Wildman–Crippen MR) is 127 cm³/mol. The number of hydrogen-bond donors (Lipinski definition) is 1. The largest absolute Gasteiger partial charge is 0.494 e. The van der Waals surface area contributed by atoms with Gasteiger partial charge in [-0.1, -0.05) is 30.3 Å². The summed E-state index contributed by atoms with van der Waals surface area (Å²) in [5, 5.41) is 2.15. The van der Waals surface area contributed by atoms with E-state index in [1.807, 2.05) is 6.92 Å². The van der Waals surface area contributed by atoms with Crippen LogP contribution in [-0.2, 0) is 19.7 Å². The van der Waals surface area contributed by atoms with Crippen molar-refractivity contribution in [3.05, 3.63) is 90.0 Å². The molecule has 178 valence electrons. The summed E-state index contributed by atoms with van der Waals surface area (Å²) in [4.78, 5) is 38.6. The van der Waals surface area contributed by atoms with E-state index >= 15 is 0 Å². The van der Waals surface area contributed by atoms with Crippen molar-refractivity contribution >= 4 is 39.7 Å². The molecule has 1 aliphatic rings. The third-order valence-electron chi connectivity index (χ3n) is 4.94. The Hall–Kier alpha value is -4.44. The Bertz CT molecular complexity index is 1400. The van der Waals surface area contributed by atoms with Gasteiger partial charge in [0.05, 0.1) is 12.3 Å². The van der Waals surface area contributed by atoms with Crippen LogP contribution in [0.4, 0.5) is 10.5 Å². The fourth-order valence-corrected chi connectivity index (χ4v) is 4.25. The number of carbonyl (C=O) groups excluding carboxylic acids is 3. The van der Waals surface area contributed by atoms with Gasteiger partial charge in [0.1, 0.15) is 22.0 Å². The van der Waals surface area contributed by atoms with Gasteiger partial charge in [-0.25, -0.2) is 9.69 Å². The standard InChI is InChI=1S/C25H20N2O7S/c1-2-33-19-14-10-18(11-15-19)27-24(29)22(23(28)26-25(27)30)16-17-8-12-20(13-9-17)34-35(31,32)21-6-4-3-5-7-21/h3-16H,2H2,1H3,(H,26,28,30)/b22-16+. The maximum atomic E-state index is 13.0. The monoisotopic (exact) mass is 492 g/mol. The van der Waals surface area contributed by atoms with Crippen molar-refractivity contribution in [3.8, 4) is 11.5 Å². The Balaban J connectivity index is 1.55. The lowest BCUT2D eigenvalue weighted by atomic mass is 10.1. The summed E-state index contributed by atoms with van der Waals surface area (Å²) in [5.74, 6) is -1.00. The molecule has 4 rings (SSSR count). The van der Waals surface area contributed by atoms with E-state index in [0.717, 1.165) is 4.90 Å². The minimum absolute atomic E-state index is 0.00900. The quantitative estimate of drug-likeness (QED) is 0.304. The highest BCUT2D eigenvalue weighted by atomic mass is 32.2. The maximum Gasteiger partial charge on any atom is 0.339 e. The van der Waals surface area contributed by atoms with Crippen LogP contribution in [0.1, 0.15) is 12.5 Å². The van der Waals surface area contributed by atoms with E-state index in [4.69, 9.17) is 8.92 Å². The summed E-state index contributed by atoms with van der Waals surface area (Å²) in [7, 11) is -4.01. The second-order valence-corrected chi connectivity index (χ2v) is 8.85. The highest BCUT2D eigenvalue weighted by molar-refractivity contribution is 7.87. The number of nitrogens with one attached hydrogen (secondary N) is 1. The fourth-order valence-electron chi connectivity index (χ4n) is 3.30. The molecular formula is C25H20N2O7S. The van der Waals surface area contributed by atoms with E-state index < -0.39 is 28.0 Å². The molecule has 1 heterocycles. The first-order valence-corrected chi connectivity index (χ1v) is 11.9. The number of anilines is 1. The maximum absolute atomic E-state index is 13.0. The SMILES string of the molecule is CCOc1ccc(N2C(=O)NC(=O)/C(=C\c3ccc(OS(=O)(=O)c4ccccc4)cc3)C2=O)cc1. The Morgan fingerprint density at radius 2 is 1.49 bits per heavy atom. The zero-order valence-electron chi connectivity index (χ0n) is 18.5. The van der Waals surface area contributed by atoms with E-state index in [1.165, 1.54) is 54.6 Å². The van der Waals surface area contributed by atoms with Crippen LogP contribution in [0.5, 0.6) is 11.5 Å². The van der Waals surface area contributed by atoms with Gasteiger partial charge in [-0.2, -0.15) is 8.42 Å². The molecule has 0 saturated carbocycles. The second kappa shape index (κ2) is 9.82. The summed E-state index contributed by atoms with van der Waals surface area (Å²) in [6.07, 6.45) is 1.31. The lowest BCUT2D eigenvalue weighted by Crippen LogP contribution is -2.54. The zero-order valence-corrected chi connectivity index (χ0v) is 19.3. The van der Waals surface area contributed by atoms with Crippen molar-refractivity contribution in [1.82, 2.24) is 5.32 Å². The molecule has 0 aromatic heterocycles. The number of benzene rings is 3. The molecule has 1 fully saturated rings. The minimum atomic E-state index is -4.01. The smallest absolute Gasteiger partial charge is 0.339 e. The topological polar surface area (TPSA) is 119 Å². The van der Waals surface area contributed by atoms with Crippen LogP contribution < -0.4 is 19.1 Å². The molecule has 1 aliphatic heterocycles. The lowest BCUT2D eigenvalue weighted by molar-refractivity contribution is -0.122. The van der Waals surface area contributed by atoms with E-state index in [2.05, 4.69) is 5.32 Å². The van der Waals surface area contributed by atoms with Crippen LogP contribution in [0.15, 0.2) is 89.3 Å². The number of ether oxygens (including phenoxy) is 1. The molecule has 9 nitrogen and oxygen atoms in total. The summed E-state index contributed by atoms with van der Waals surface area (Å²) < 4.78 is 35.2. The van der Waals surface area contributed by atoms with Gasteiger partial charge in [0.25, 0.3) is 11.8 Å². The molecule has 35 heavy (non-hydrogen) atoms. The first kappa shape index (κ1) is 23.7. The number of carbonyl (C=O) groups is 3. The van der Waals surface area contributed by atoms with Gasteiger partial charge < -0.3 is 8.92 Å². The normalized spacial score (nSPS) is 15.2. The molecule has 0 bridgehead atoms. The van der Waals surface area contributed by atoms with Gasteiger partial charge in [-0.3, -0.25) is 14.9 Å². The number of urea groups is 1. The number of imide groups is 2. The first-order valence-electron chi connectivity index (χ1n) is 10.5. The van der Waals surface area contributed by atoms with Crippen molar-refractivity contribution in [2.75, 3.05) is 11.5 Å². The summed E-state index contributed by atoms with van der Waals surface area (Å²) in [6, 6.07) is 18.9. The van der Waals surface area contributed by atoms with Gasteiger partial charge >= 0.3 is 16.1 Å². The molecule has 0 aliphatic carbocycles. The summed E-state index contributed by atoms with van der Waals surface area (Å²) in [6.45, 7) is 2.30. The van der Waals surface area contributed by atoms with Gasteiger partial charge in [0.2, 0.25) is 0 Å². The fraction of sp³-hybridized carbons (Fsp3) is 0.0800. The Morgan fingerprint density at radius 1 is 0.857 bits per heavy atom. The lowest BCUT2D eigenvalue weighted by Gasteiger charge is -2.26. The van der Waals surface area contributed by atoms with Crippen LogP contribution >= 0.6 is 0 Å². The van der Waals surface area contributed by atoms with Gasteiger partial charge in [0, 0.05) is 0 Å². The molecule has 0 radical (unpaired) electrons. The summed E-state index contributed by atoms with van der Waals surface area (Å²) >= 11 is 0. The minimum Gasteiger partial charge on any atom is -0.494 e. The molecule has 10 heteroatoms. The second-order valence-electron chi connectivity index (χ2n) is 7.30. The van der Waals surface area contributed by atoms with Gasteiger partial charge in [-0.15, -0.1) is 0 Å². The van der Waals surface area contributed by atoms with Crippen LogP contribution in [-0.4, -0.2) is 32.9 Å². The number of barbiturate groups is 1. The van der Waals surface area contributed by atoms with E-state index in [0.29, 0.717) is 17.9 Å². The molecule has 3 aromatic rings. The molecule has 3 aromatic carbocycles. The average molecular weight is 493 g/mol. The van der Waals surface area contributed by atoms with Crippen LogP contribution in [0, 0.1) is 0 Å². The number of nitrogens with zero attached hydrogens (tertiary/aromatic N) is 1. The Morgan fingerprint density at radius 3 is 2.11 bits per heavy atom. The van der Waals surface area contributed by atoms with Gasteiger partial charge in [0.15, 0.2) is 0 Å².